The standard InChI is InChI=1S/C21H21F3N4O2/c1-11(12-5-4-6-15(16(12)22)21(3,23)24)26-18(29)14-10-28(20(2)7-8-20)19(30)13-9-25-27-17(13)14/h4-6,9-11H,7-8H2,1-3H3,(H,25,27)(H,26,29)/t11-/m1/s1. The maximum Gasteiger partial charge on any atom is 0.273 e. The molecule has 0 spiro atoms. The molecule has 1 atom stereocenters. The third-order valence-electron chi connectivity index (χ3n) is 5.73. The average Bonchev–Trinajstić information content (AvgIpc) is 3.21. The highest BCUT2D eigenvalue weighted by Crippen LogP contribution is 2.42. The van der Waals surface area contributed by atoms with Gasteiger partial charge in [0.05, 0.1) is 34.3 Å². The third kappa shape index (κ3) is 3.28. The van der Waals surface area contributed by atoms with E-state index < -0.39 is 29.3 Å². The molecule has 4 rings (SSSR count). The Morgan fingerprint density at radius 2 is 2.07 bits per heavy atom. The normalized spacial score (nSPS) is 16.5. The number of aromatic amines is 1. The molecular formula is C21H21F3N4O2. The molecule has 30 heavy (non-hydrogen) atoms. The van der Waals surface area contributed by atoms with Crippen LogP contribution in [0.15, 0.2) is 35.4 Å². The van der Waals surface area contributed by atoms with Gasteiger partial charge in [-0.1, -0.05) is 18.2 Å². The number of carbonyl (C=O) groups excluding carboxylic acids is 1. The zero-order valence-electron chi connectivity index (χ0n) is 16.7. The molecule has 2 heterocycles. The van der Waals surface area contributed by atoms with Crippen molar-refractivity contribution in [2.75, 3.05) is 0 Å². The zero-order valence-corrected chi connectivity index (χ0v) is 16.7. The van der Waals surface area contributed by atoms with Crippen LogP contribution in [-0.2, 0) is 11.5 Å². The van der Waals surface area contributed by atoms with Crippen LogP contribution in [-0.4, -0.2) is 20.7 Å². The molecule has 0 unspecified atom stereocenters. The predicted molar refractivity (Wildman–Crippen MR) is 105 cm³/mol. The Hall–Kier alpha value is -3.10. The van der Waals surface area contributed by atoms with Gasteiger partial charge in [-0.05, 0) is 26.7 Å². The maximum absolute atomic E-state index is 14.7. The number of hydrogen-bond acceptors (Lipinski definition) is 3. The van der Waals surface area contributed by atoms with Crippen LogP contribution in [0, 0.1) is 5.82 Å². The van der Waals surface area contributed by atoms with Gasteiger partial charge in [0.2, 0.25) is 0 Å². The van der Waals surface area contributed by atoms with Crippen molar-refractivity contribution in [3.8, 4) is 0 Å². The fraction of sp³-hybridized carbons (Fsp3) is 0.381. The number of benzene rings is 1. The summed E-state index contributed by atoms with van der Waals surface area (Å²) in [6.07, 6.45) is 4.48. The van der Waals surface area contributed by atoms with Crippen LogP contribution in [0.3, 0.4) is 0 Å². The van der Waals surface area contributed by atoms with Crippen molar-refractivity contribution in [3.05, 3.63) is 63.5 Å². The van der Waals surface area contributed by atoms with E-state index in [0.29, 0.717) is 6.92 Å². The van der Waals surface area contributed by atoms with E-state index in [1.165, 1.54) is 36.0 Å². The summed E-state index contributed by atoms with van der Waals surface area (Å²) in [5, 5.41) is 9.47. The SMILES string of the molecule is C[C@@H](NC(=O)c1cn(C2(C)CC2)c(=O)c2cn[nH]c12)c1cccc(C(C)(F)F)c1F. The summed E-state index contributed by atoms with van der Waals surface area (Å²) >= 11 is 0. The number of halogens is 3. The summed E-state index contributed by atoms with van der Waals surface area (Å²) in [5.41, 5.74) is -0.916. The number of amides is 1. The Morgan fingerprint density at radius 1 is 1.37 bits per heavy atom. The van der Waals surface area contributed by atoms with E-state index in [4.69, 9.17) is 0 Å². The van der Waals surface area contributed by atoms with Crippen LogP contribution in [0.5, 0.6) is 0 Å². The van der Waals surface area contributed by atoms with E-state index in [-0.39, 0.29) is 33.1 Å². The number of nitrogens with one attached hydrogen (secondary N) is 2. The summed E-state index contributed by atoms with van der Waals surface area (Å²) in [5.74, 6) is -4.97. The Kier molecular flexibility index (Phi) is 4.52. The van der Waals surface area contributed by atoms with Gasteiger partial charge in [0.15, 0.2) is 0 Å². The Labute approximate surface area is 170 Å². The van der Waals surface area contributed by atoms with Gasteiger partial charge in [0, 0.05) is 24.2 Å². The molecule has 9 heteroatoms. The summed E-state index contributed by atoms with van der Waals surface area (Å²) < 4.78 is 43.5. The number of fused-ring (bicyclic) bond motifs is 1. The van der Waals surface area contributed by atoms with Crippen LogP contribution >= 0.6 is 0 Å². The number of alkyl halides is 2. The number of nitrogens with zero attached hydrogens (tertiary/aromatic N) is 2. The lowest BCUT2D eigenvalue weighted by Crippen LogP contribution is -2.32. The molecule has 1 aromatic carbocycles. The molecule has 1 amide bonds. The molecule has 3 aromatic rings. The lowest BCUT2D eigenvalue weighted by Gasteiger charge is -2.20. The lowest BCUT2D eigenvalue weighted by atomic mass is 10.0. The van der Waals surface area contributed by atoms with E-state index in [1.54, 1.807) is 0 Å². The van der Waals surface area contributed by atoms with Crippen molar-refractivity contribution in [1.82, 2.24) is 20.1 Å². The van der Waals surface area contributed by atoms with Crippen LogP contribution < -0.4 is 10.9 Å². The molecule has 1 fully saturated rings. The number of aromatic nitrogens is 3. The van der Waals surface area contributed by atoms with Gasteiger partial charge in [0.25, 0.3) is 17.4 Å². The summed E-state index contributed by atoms with van der Waals surface area (Å²) in [7, 11) is 0. The van der Waals surface area contributed by atoms with E-state index in [1.807, 2.05) is 6.92 Å². The van der Waals surface area contributed by atoms with E-state index in [2.05, 4.69) is 15.5 Å². The Bertz CT molecular complexity index is 1210. The summed E-state index contributed by atoms with van der Waals surface area (Å²) in [6, 6.07) is 2.82. The zero-order chi connectivity index (χ0) is 21.8. The molecular weight excluding hydrogens is 397 g/mol. The molecule has 0 aliphatic heterocycles. The van der Waals surface area contributed by atoms with Crippen LogP contribution in [0.2, 0.25) is 0 Å². The minimum atomic E-state index is -3.35. The second kappa shape index (κ2) is 6.72. The molecule has 1 aliphatic rings. The van der Waals surface area contributed by atoms with Gasteiger partial charge < -0.3 is 9.88 Å². The van der Waals surface area contributed by atoms with E-state index in [9.17, 15) is 22.8 Å². The van der Waals surface area contributed by atoms with Crippen LogP contribution in [0.25, 0.3) is 10.9 Å². The van der Waals surface area contributed by atoms with Gasteiger partial charge in [-0.2, -0.15) is 5.10 Å². The number of hydrogen-bond donors (Lipinski definition) is 2. The highest BCUT2D eigenvalue weighted by atomic mass is 19.3. The Balaban J connectivity index is 1.70. The third-order valence-corrected chi connectivity index (χ3v) is 5.73. The van der Waals surface area contributed by atoms with E-state index in [0.717, 1.165) is 18.9 Å². The first kappa shape index (κ1) is 20.2. The fourth-order valence-electron chi connectivity index (χ4n) is 3.61. The van der Waals surface area contributed by atoms with Gasteiger partial charge >= 0.3 is 0 Å². The average molecular weight is 418 g/mol. The minimum absolute atomic E-state index is 0.0503. The quantitative estimate of drug-likeness (QED) is 0.658. The number of pyridine rings is 1. The van der Waals surface area contributed by atoms with Crippen molar-refractivity contribution >= 4 is 16.8 Å². The molecule has 0 radical (unpaired) electrons. The first-order valence-corrected chi connectivity index (χ1v) is 9.60. The van der Waals surface area contributed by atoms with E-state index >= 15 is 0 Å². The molecule has 2 aromatic heterocycles. The van der Waals surface area contributed by atoms with Crippen molar-refractivity contribution in [3.63, 3.8) is 0 Å². The highest BCUT2D eigenvalue weighted by molar-refractivity contribution is 6.05. The van der Waals surface area contributed by atoms with Crippen molar-refractivity contribution < 1.29 is 18.0 Å². The molecule has 2 N–H and O–H groups in total. The second-order valence-corrected chi connectivity index (χ2v) is 8.17. The van der Waals surface area contributed by atoms with Gasteiger partial charge in [0.1, 0.15) is 5.82 Å². The monoisotopic (exact) mass is 418 g/mol. The molecule has 158 valence electrons. The van der Waals surface area contributed by atoms with Gasteiger partial charge in [-0.3, -0.25) is 14.7 Å². The summed E-state index contributed by atoms with van der Waals surface area (Å²) in [6.45, 7) is 4.06. The van der Waals surface area contributed by atoms with Crippen LogP contribution in [0.4, 0.5) is 13.2 Å². The predicted octanol–water partition coefficient (Wildman–Crippen LogP) is 3.98. The van der Waals surface area contributed by atoms with Crippen molar-refractivity contribution in [2.45, 2.75) is 51.1 Å². The number of rotatable bonds is 5. The second-order valence-electron chi connectivity index (χ2n) is 8.17. The smallest absolute Gasteiger partial charge is 0.273 e. The largest absolute Gasteiger partial charge is 0.345 e. The molecule has 6 nitrogen and oxygen atoms in total. The Morgan fingerprint density at radius 3 is 2.70 bits per heavy atom. The maximum atomic E-state index is 14.7. The van der Waals surface area contributed by atoms with Gasteiger partial charge in [-0.15, -0.1) is 0 Å². The van der Waals surface area contributed by atoms with Crippen molar-refractivity contribution in [2.24, 2.45) is 0 Å². The number of carbonyl (C=O) groups is 1. The minimum Gasteiger partial charge on any atom is -0.345 e. The summed E-state index contributed by atoms with van der Waals surface area (Å²) in [4.78, 5) is 25.7. The van der Waals surface area contributed by atoms with Crippen molar-refractivity contribution in [1.29, 1.82) is 0 Å². The number of H-pyrrole nitrogens is 1. The first-order chi connectivity index (χ1) is 14.0. The molecule has 1 saturated carbocycles. The highest BCUT2D eigenvalue weighted by Gasteiger charge is 2.41. The fourth-order valence-corrected chi connectivity index (χ4v) is 3.61. The lowest BCUT2D eigenvalue weighted by molar-refractivity contribution is 0.0135. The van der Waals surface area contributed by atoms with Gasteiger partial charge in [-0.25, -0.2) is 13.2 Å². The topological polar surface area (TPSA) is 79.8 Å². The van der Waals surface area contributed by atoms with Crippen LogP contribution in [0.1, 0.15) is 61.1 Å². The molecule has 0 saturated heterocycles. The molecule has 1 aliphatic carbocycles. The molecule has 0 bridgehead atoms. The first-order valence-electron chi connectivity index (χ1n) is 9.60.